The molecule has 2 unspecified atom stereocenters. The third-order valence-corrected chi connectivity index (χ3v) is 5.80. The Morgan fingerprint density at radius 2 is 2.30 bits per heavy atom. The van der Waals surface area contributed by atoms with Gasteiger partial charge >= 0.3 is 0 Å². The van der Waals surface area contributed by atoms with E-state index >= 15 is 0 Å². The first kappa shape index (κ1) is 17.2. The van der Waals surface area contributed by atoms with E-state index in [0.29, 0.717) is 6.54 Å². The topological polar surface area (TPSA) is 46.1 Å². The van der Waals surface area contributed by atoms with E-state index in [-0.39, 0.29) is 12.2 Å². The molecule has 2 aliphatic rings. The first-order chi connectivity index (χ1) is 11.3. The normalized spacial score (nSPS) is 25.8. The lowest BCUT2D eigenvalue weighted by molar-refractivity contribution is -0.0817. The van der Waals surface area contributed by atoms with Crippen LogP contribution in [0.4, 0.5) is 0 Å². The Morgan fingerprint density at radius 1 is 1.43 bits per heavy atom. The molecule has 2 saturated heterocycles. The summed E-state index contributed by atoms with van der Waals surface area (Å²) in [5.41, 5.74) is 0. The highest BCUT2D eigenvalue weighted by atomic mass is 79.9. The largest absolute Gasteiger partial charge is 0.375 e. The highest BCUT2D eigenvalue weighted by Crippen LogP contribution is 2.22. The summed E-state index contributed by atoms with van der Waals surface area (Å²) < 4.78 is 12.9. The van der Waals surface area contributed by atoms with Crippen LogP contribution in [-0.2, 0) is 16.0 Å². The van der Waals surface area contributed by atoms with Gasteiger partial charge in [-0.25, -0.2) is 4.99 Å². The van der Waals surface area contributed by atoms with Gasteiger partial charge in [-0.05, 0) is 41.8 Å². The first-order valence-corrected chi connectivity index (χ1v) is 9.93. The molecule has 3 rings (SSSR count). The number of hydrogen-bond donors (Lipinski definition) is 1. The van der Waals surface area contributed by atoms with Crippen LogP contribution < -0.4 is 5.32 Å². The molecule has 23 heavy (non-hydrogen) atoms. The van der Waals surface area contributed by atoms with Gasteiger partial charge in [0.05, 0.1) is 19.3 Å². The third kappa shape index (κ3) is 4.68. The van der Waals surface area contributed by atoms with Gasteiger partial charge in [0.25, 0.3) is 0 Å². The molecule has 1 aromatic heterocycles. The van der Waals surface area contributed by atoms with Crippen LogP contribution in [-0.4, -0.2) is 55.9 Å². The van der Waals surface area contributed by atoms with Crippen molar-refractivity contribution in [2.75, 3.05) is 32.8 Å². The quantitative estimate of drug-likeness (QED) is 0.622. The van der Waals surface area contributed by atoms with Gasteiger partial charge in [-0.2, -0.15) is 0 Å². The highest BCUT2D eigenvalue weighted by Gasteiger charge is 2.32. The summed E-state index contributed by atoms with van der Waals surface area (Å²) in [6.07, 6.45) is 2.65. The van der Waals surface area contributed by atoms with Gasteiger partial charge in [0, 0.05) is 41.0 Å². The summed E-state index contributed by atoms with van der Waals surface area (Å²) in [5, 5.41) is 5.51. The molecule has 3 heterocycles. The van der Waals surface area contributed by atoms with Crippen LogP contribution in [0.5, 0.6) is 0 Å². The number of aliphatic imine (C=N–C) groups is 1. The lowest BCUT2D eigenvalue weighted by Gasteiger charge is -2.37. The van der Waals surface area contributed by atoms with Crippen molar-refractivity contribution in [2.45, 2.75) is 38.5 Å². The van der Waals surface area contributed by atoms with Gasteiger partial charge in [-0.1, -0.05) is 0 Å². The van der Waals surface area contributed by atoms with Crippen molar-refractivity contribution >= 4 is 33.2 Å². The Balaban J connectivity index is 1.64. The summed E-state index contributed by atoms with van der Waals surface area (Å²) in [7, 11) is 0. The van der Waals surface area contributed by atoms with Gasteiger partial charge in [0.15, 0.2) is 5.96 Å². The second kappa shape index (κ2) is 8.46. The predicted octanol–water partition coefficient (Wildman–Crippen LogP) is 2.86. The molecule has 7 heteroatoms. The van der Waals surface area contributed by atoms with Crippen LogP contribution in [0.25, 0.3) is 0 Å². The summed E-state index contributed by atoms with van der Waals surface area (Å²) in [6, 6.07) is 2.13. The zero-order valence-corrected chi connectivity index (χ0v) is 15.9. The van der Waals surface area contributed by atoms with E-state index < -0.39 is 0 Å². The molecule has 128 valence electrons. The summed E-state index contributed by atoms with van der Waals surface area (Å²) in [6.45, 7) is 7.02. The molecule has 0 saturated carbocycles. The maximum Gasteiger partial charge on any atom is 0.194 e. The maximum atomic E-state index is 5.93. The van der Waals surface area contributed by atoms with E-state index in [1.807, 2.05) is 0 Å². The van der Waals surface area contributed by atoms with Gasteiger partial charge in [0.1, 0.15) is 6.10 Å². The summed E-state index contributed by atoms with van der Waals surface area (Å²) in [5.74, 6) is 0.975. The van der Waals surface area contributed by atoms with Crippen molar-refractivity contribution in [1.82, 2.24) is 10.2 Å². The Bertz CT molecular complexity index is 531. The molecule has 1 N–H and O–H groups in total. The molecule has 0 radical (unpaired) electrons. The predicted molar refractivity (Wildman–Crippen MR) is 97.1 cm³/mol. The first-order valence-electron chi connectivity index (χ1n) is 8.25. The van der Waals surface area contributed by atoms with Crippen LogP contribution in [0, 0.1) is 0 Å². The minimum absolute atomic E-state index is 0.158. The molecule has 0 amide bonds. The number of hydrogen-bond acceptors (Lipinski definition) is 4. The smallest absolute Gasteiger partial charge is 0.194 e. The minimum atomic E-state index is 0.158. The lowest BCUT2D eigenvalue weighted by Crippen LogP contribution is -2.53. The van der Waals surface area contributed by atoms with Crippen LogP contribution in [0.3, 0.4) is 0 Å². The summed E-state index contributed by atoms with van der Waals surface area (Å²) in [4.78, 5) is 8.37. The highest BCUT2D eigenvalue weighted by molar-refractivity contribution is 9.10. The molecule has 2 fully saturated rings. The van der Waals surface area contributed by atoms with Crippen molar-refractivity contribution in [1.29, 1.82) is 0 Å². The Hall–Kier alpha value is -0.630. The zero-order chi connectivity index (χ0) is 16.1. The monoisotopic (exact) mass is 401 g/mol. The zero-order valence-electron chi connectivity index (χ0n) is 13.5. The fourth-order valence-corrected chi connectivity index (χ4v) is 4.38. The van der Waals surface area contributed by atoms with Crippen LogP contribution in [0.2, 0.25) is 0 Å². The van der Waals surface area contributed by atoms with E-state index in [9.17, 15) is 0 Å². The van der Waals surface area contributed by atoms with Crippen LogP contribution >= 0.6 is 27.3 Å². The standard InChI is InChI=1S/C16H24BrN3O2S/c1-2-18-16(19-9-13-8-12(17)11-23-13)20-5-7-22-15(10-20)14-4-3-6-21-14/h8,11,14-15H,2-7,9-10H2,1H3,(H,18,19). The van der Waals surface area contributed by atoms with Crippen molar-refractivity contribution in [3.05, 3.63) is 20.8 Å². The van der Waals surface area contributed by atoms with Crippen molar-refractivity contribution in [3.63, 3.8) is 0 Å². The van der Waals surface area contributed by atoms with E-state index in [0.717, 1.165) is 56.1 Å². The fourth-order valence-electron chi connectivity index (χ4n) is 3.00. The van der Waals surface area contributed by atoms with Gasteiger partial charge in [-0.15, -0.1) is 11.3 Å². The van der Waals surface area contributed by atoms with Crippen molar-refractivity contribution in [2.24, 2.45) is 4.99 Å². The number of nitrogens with zero attached hydrogens (tertiary/aromatic N) is 2. The third-order valence-electron chi connectivity index (χ3n) is 4.11. The summed E-state index contributed by atoms with van der Waals surface area (Å²) >= 11 is 5.23. The van der Waals surface area contributed by atoms with E-state index in [1.54, 1.807) is 11.3 Å². The van der Waals surface area contributed by atoms with Gasteiger partial charge in [-0.3, -0.25) is 0 Å². The lowest BCUT2D eigenvalue weighted by atomic mass is 10.1. The minimum Gasteiger partial charge on any atom is -0.375 e. The second-order valence-electron chi connectivity index (χ2n) is 5.81. The number of guanidine groups is 1. The number of ether oxygens (including phenoxy) is 2. The molecule has 5 nitrogen and oxygen atoms in total. The number of thiophene rings is 1. The van der Waals surface area contributed by atoms with E-state index in [4.69, 9.17) is 14.5 Å². The molecule has 0 aromatic carbocycles. The molecule has 0 bridgehead atoms. The Kier molecular flexibility index (Phi) is 6.33. The molecular weight excluding hydrogens is 378 g/mol. The van der Waals surface area contributed by atoms with Crippen LogP contribution in [0.1, 0.15) is 24.6 Å². The Morgan fingerprint density at radius 3 is 3.00 bits per heavy atom. The van der Waals surface area contributed by atoms with E-state index in [2.05, 4.69) is 44.5 Å². The fraction of sp³-hybridized carbons (Fsp3) is 0.688. The maximum absolute atomic E-state index is 5.93. The molecule has 0 aliphatic carbocycles. The van der Waals surface area contributed by atoms with Crippen molar-refractivity contribution in [3.8, 4) is 0 Å². The molecule has 1 aromatic rings. The molecule has 0 spiro atoms. The number of rotatable bonds is 4. The van der Waals surface area contributed by atoms with Gasteiger partial charge in [0.2, 0.25) is 0 Å². The Labute approximate surface area is 150 Å². The van der Waals surface area contributed by atoms with E-state index in [1.165, 1.54) is 4.88 Å². The molecule has 2 atom stereocenters. The number of halogens is 1. The average Bonchev–Trinajstić information content (AvgIpc) is 3.23. The SMILES string of the molecule is CCNC(=NCc1cc(Br)cs1)N1CCOC(C2CCCO2)C1. The average molecular weight is 402 g/mol. The van der Waals surface area contributed by atoms with Gasteiger partial charge < -0.3 is 19.7 Å². The van der Waals surface area contributed by atoms with Crippen molar-refractivity contribution < 1.29 is 9.47 Å². The number of nitrogens with one attached hydrogen (secondary N) is 1. The second-order valence-corrected chi connectivity index (χ2v) is 7.72. The molecule has 2 aliphatic heterocycles. The van der Waals surface area contributed by atoms with Crippen LogP contribution in [0.15, 0.2) is 20.9 Å². The number of morpholine rings is 1. The molecular formula is C16H24BrN3O2S.